The molecule has 6 nitrogen and oxygen atoms in total. The first-order valence-corrected chi connectivity index (χ1v) is 8.38. The molecule has 0 unspecified atom stereocenters. The Bertz CT molecular complexity index is 842. The molecule has 0 saturated carbocycles. The molecule has 134 valence electrons. The van der Waals surface area contributed by atoms with Crippen LogP contribution >= 0.6 is 0 Å². The van der Waals surface area contributed by atoms with Gasteiger partial charge >= 0.3 is 5.97 Å². The van der Waals surface area contributed by atoms with Gasteiger partial charge in [-0.2, -0.15) is 4.98 Å². The number of rotatable bonds is 7. The average Bonchev–Trinajstić information content (AvgIpc) is 3.15. The van der Waals surface area contributed by atoms with Crippen LogP contribution in [-0.2, 0) is 16.1 Å². The maximum atomic E-state index is 11.8. The largest absolute Gasteiger partial charge is 0.482 e. The van der Waals surface area contributed by atoms with Crippen LogP contribution in [0.3, 0.4) is 0 Å². The smallest absolute Gasteiger partial charge is 0.344 e. The van der Waals surface area contributed by atoms with Crippen LogP contribution in [0.25, 0.3) is 11.4 Å². The molecule has 0 N–H and O–H groups in total. The molecule has 0 aliphatic rings. The molecule has 0 atom stereocenters. The van der Waals surface area contributed by atoms with Crippen LogP contribution in [0.2, 0.25) is 0 Å². The summed E-state index contributed by atoms with van der Waals surface area (Å²) >= 11 is 0. The second-order valence-electron chi connectivity index (χ2n) is 6.05. The fourth-order valence-corrected chi connectivity index (χ4v) is 2.29. The summed E-state index contributed by atoms with van der Waals surface area (Å²) in [6, 6.07) is 17.1. The summed E-state index contributed by atoms with van der Waals surface area (Å²) in [5.41, 5.74) is 2.05. The van der Waals surface area contributed by atoms with Crippen LogP contribution in [0.5, 0.6) is 5.75 Å². The first kappa shape index (κ1) is 17.7. The molecular formula is C20H20N2O4. The van der Waals surface area contributed by atoms with Gasteiger partial charge in [0, 0.05) is 5.56 Å². The quantitative estimate of drug-likeness (QED) is 0.599. The molecule has 0 amide bonds. The highest BCUT2D eigenvalue weighted by Crippen LogP contribution is 2.18. The van der Waals surface area contributed by atoms with E-state index in [1.54, 1.807) is 0 Å². The number of hydrogen-bond acceptors (Lipinski definition) is 6. The molecule has 1 heterocycles. The topological polar surface area (TPSA) is 74.5 Å². The van der Waals surface area contributed by atoms with E-state index in [0.717, 1.165) is 5.56 Å². The molecule has 2 aromatic carbocycles. The predicted molar refractivity (Wildman–Crippen MR) is 95.6 cm³/mol. The van der Waals surface area contributed by atoms with Gasteiger partial charge in [-0.3, -0.25) is 0 Å². The zero-order valence-corrected chi connectivity index (χ0v) is 14.7. The molecule has 0 saturated heterocycles. The van der Waals surface area contributed by atoms with Crippen LogP contribution in [0.15, 0.2) is 59.1 Å². The number of ether oxygens (including phenoxy) is 2. The molecule has 6 heteroatoms. The predicted octanol–water partition coefficient (Wildman–Crippen LogP) is 3.98. The zero-order valence-electron chi connectivity index (χ0n) is 14.7. The molecule has 0 radical (unpaired) electrons. The minimum absolute atomic E-state index is 0.0890. The Hall–Kier alpha value is -3.15. The highest BCUT2D eigenvalue weighted by molar-refractivity contribution is 5.71. The molecular weight excluding hydrogens is 332 g/mol. The second-order valence-corrected chi connectivity index (χ2v) is 6.05. The molecule has 3 rings (SSSR count). The molecule has 0 bridgehead atoms. The van der Waals surface area contributed by atoms with Gasteiger partial charge in [0.15, 0.2) is 13.2 Å². The van der Waals surface area contributed by atoms with Crippen molar-refractivity contribution in [2.75, 3.05) is 6.61 Å². The van der Waals surface area contributed by atoms with Crippen LogP contribution in [-0.4, -0.2) is 22.7 Å². The van der Waals surface area contributed by atoms with Crippen molar-refractivity contribution in [2.45, 2.75) is 26.4 Å². The van der Waals surface area contributed by atoms with E-state index in [1.807, 2.05) is 54.6 Å². The lowest BCUT2D eigenvalue weighted by atomic mass is 10.0. The number of carbonyl (C=O) groups excluding carboxylic acids is 1. The minimum Gasteiger partial charge on any atom is -0.482 e. The van der Waals surface area contributed by atoms with Crippen molar-refractivity contribution in [1.82, 2.24) is 10.1 Å². The fourth-order valence-electron chi connectivity index (χ4n) is 2.29. The Labute approximate surface area is 151 Å². The van der Waals surface area contributed by atoms with E-state index in [2.05, 4.69) is 24.0 Å². The lowest BCUT2D eigenvalue weighted by Crippen LogP contribution is -2.14. The van der Waals surface area contributed by atoms with Crippen LogP contribution < -0.4 is 4.74 Å². The van der Waals surface area contributed by atoms with E-state index in [9.17, 15) is 4.79 Å². The van der Waals surface area contributed by atoms with E-state index in [-0.39, 0.29) is 19.1 Å². The van der Waals surface area contributed by atoms with Crippen molar-refractivity contribution in [1.29, 1.82) is 0 Å². The van der Waals surface area contributed by atoms with Gasteiger partial charge in [0.2, 0.25) is 5.82 Å². The van der Waals surface area contributed by atoms with Crippen molar-refractivity contribution >= 4 is 5.97 Å². The summed E-state index contributed by atoms with van der Waals surface area (Å²) in [6.07, 6.45) is 0. The number of benzene rings is 2. The van der Waals surface area contributed by atoms with E-state index in [0.29, 0.717) is 17.5 Å². The fraction of sp³-hybridized carbons (Fsp3) is 0.250. The maximum Gasteiger partial charge on any atom is 0.344 e. The summed E-state index contributed by atoms with van der Waals surface area (Å²) in [4.78, 5) is 16.0. The Morgan fingerprint density at radius 2 is 1.81 bits per heavy atom. The van der Waals surface area contributed by atoms with Gasteiger partial charge < -0.3 is 14.0 Å². The van der Waals surface area contributed by atoms with Crippen molar-refractivity contribution in [3.8, 4) is 17.1 Å². The molecule has 0 spiro atoms. The molecule has 1 aromatic heterocycles. The van der Waals surface area contributed by atoms with Gasteiger partial charge in [0.25, 0.3) is 5.89 Å². The Balaban J connectivity index is 1.46. The number of hydrogen-bond donors (Lipinski definition) is 0. The van der Waals surface area contributed by atoms with Crippen molar-refractivity contribution in [3.05, 3.63) is 66.1 Å². The lowest BCUT2D eigenvalue weighted by Gasteiger charge is -2.08. The minimum atomic E-state index is -0.502. The van der Waals surface area contributed by atoms with E-state index in [4.69, 9.17) is 14.0 Å². The number of esters is 1. The highest BCUT2D eigenvalue weighted by atomic mass is 16.6. The summed E-state index contributed by atoms with van der Waals surface area (Å²) in [7, 11) is 0. The normalized spacial score (nSPS) is 10.7. The summed E-state index contributed by atoms with van der Waals surface area (Å²) in [5, 5.41) is 3.87. The van der Waals surface area contributed by atoms with Crippen molar-refractivity contribution < 1.29 is 18.8 Å². The van der Waals surface area contributed by atoms with Gasteiger partial charge in [-0.1, -0.05) is 61.5 Å². The summed E-state index contributed by atoms with van der Waals surface area (Å²) < 4.78 is 15.6. The van der Waals surface area contributed by atoms with E-state index >= 15 is 0 Å². The molecule has 0 aliphatic heterocycles. The van der Waals surface area contributed by atoms with Gasteiger partial charge in [0.05, 0.1) is 0 Å². The zero-order chi connectivity index (χ0) is 18.4. The van der Waals surface area contributed by atoms with Crippen LogP contribution in [0, 0.1) is 0 Å². The first-order chi connectivity index (χ1) is 12.6. The number of nitrogens with zero attached hydrogens (tertiary/aromatic N) is 2. The van der Waals surface area contributed by atoms with Crippen LogP contribution in [0.4, 0.5) is 0 Å². The highest BCUT2D eigenvalue weighted by Gasteiger charge is 2.11. The average molecular weight is 352 g/mol. The van der Waals surface area contributed by atoms with E-state index < -0.39 is 5.97 Å². The third kappa shape index (κ3) is 4.69. The SMILES string of the molecule is CC(C)c1ccc(OCC(=O)OCc2nc(-c3ccccc3)no2)cc1. The third-order valence-corrected chi connectivity index (χ3v) is 3.76. The number of carbonyl (C=O) groups is 1. The standard InChI is InChI=1S/C20H20N2O4/c1-14(2)15-8-10-17(11-9-15)24-13-19(23)25-12-18-21-20(22-26-18)16-6-4-3-5-7-16/h3-11,14H,12-13H2,1-2H3. The molecule has 0 fully saturated rings. The molecule has 26 heavy (non-hydrogen) atoms. The third-order valence-electron chi connectivity index (χ3n) is 3.76. The maximum absolute atomic E-state index is 11.8. The van der Waals surface area contributed by atoms with Gasteiger partial charge in [0.1, 0.15) is 5.75 Å². The van der Waals surface area contributed by atoms with Crippen molar-refractivity contribution in [2.24, 2.45) is 0 Å². The van der Waals surface area contributed by atoms with Crippen LogP contribution in [0.1, 0.15) is 31.2 Å². The van der Waals surface area contributed by atoms with Crippen molar-refractivity contribution in [3.63, 3.8) is 0 Å². The lowest BCUT2D eigenvalue weighted by molar-refractivity contribution is -0.148. The van der Waals surface area contributed by atoms with Gasteiger partial charge in [-0.15, -0.1) is 0 Å². The molecule has 0 aliphatic carbocycles. The Kier molecular flexibility index (Phi) is 5.63. The van der Waals surface area contributed by atoms with Gasteiger partial charge in [-0.25, -0.2) is 4.79 Å². The first-order valence-electron chi connectivity index (χ1n) is 8.38. The number of aromatic nitrogens is 2. The Morgan fingerprint density at radius 3 is 2.50 bits per heavy atom. The summed E-state index contributed by atoms with van der Waals surface area (Å²) in [6.45, 7) is 3.97. The monoisotopic (exact) mass is 352 g/mol. The Morgan fingerprint density at radius 1 is 1.08 bits per heavy atom. The molecule has 3 aromatic rings. The second kappa shape index (κ2) is 8.29. The summed E-state index contributed by atoms with van der Waals surface area (Å²) in [5.74, 6) is 1.26. The van der Waals surface area contributed by atoms with Gasteiger partial charge in [-0.05, 0) is 23.6 Å². The van der Waals surface area contributed by atoms with E-state index in [1.165, 1.54) is 5.56 Å².